The summed E-state index contributed by atoms with van der Waals surface area (Å²) in [6.07, 6.45) is 0. The minimum absolute atomic E-state index is 0.0412. The summed E-state index contributed by atoms with van der Waals surface area (Å²) in [5, 5.41) is 6.79. The second-order valence-corrected chi connectivity index (χ2v) is 6.51. The van der Waals surface area contributed by atoms with E-state index in [1.165, 1.54) is 11.3 Å². The van der Waals surface area contributed by atoms with E-state index < -0.39 is 0 Å². The molecule has 1 aromatic heterocycles. The fourth-order valence-electron chi connectivity index (χ4n) is 1.68. The molecule has 1 atom stereocenters. The average Bonchev–Trinajstić information content (AvgIpc) is 2.73. The molecule has 1 unspecified atom stereocenters. The summed E-state index contributed by atoms with van der Waals surface area (Å²) in [5.74, 6) is 0.350. The number of ether oxygens (including phenoxy) is 1. The highest BCUT2D eigenvalue weighted by Crippen LogP contribution is 2.25. The smallest absolute Gasteiger partial charge is 0.265 e. The third-order valence-corrected chi connectivity index (χ3v) is 3.90. The molecule has 0 bridgehead atoms. The molecule has 0 spiro atoms. The monoisotopic (exact) mass is 314 g/mol. The van der Waals surface area contributed by atoms with E-state index in [0.29, 0.717) is 23.2 Å². The van der Waals surface area contributed by atoms with Crippen LogP contribution < -0.4 is 16.4 Å². The van der Waals surface area contributed by atoms with Crippen LogP contribution in [0, 0.1) is 5.92 Å². The Hall–Kier alpha value is -1.34. The topological polar surface area (TPSA) is 89.3 Å². The molecule has 0 aliphatic carbocycles. The molecule has 0 aromatic carbocycles. The predicted octanol–water partition coefficient (Wildman–Crippen LogP) is 2.34. The molecule has 7 heteroatoms. The summed E-state index contributed by atoms with van der Waals surface area (Å²) in [6.45, 7) is 11.2. The van der Waals surface area contributed by atoms with Crippen molar-refractivity contribution in [3.8, 4) is 0 Å². The zero-order chi connectivity index (χ0) is 16.0. The van der Waals surface area contributed by atoms with E-state index in [0.717, 1.165) is 0 Å². The molecule has 1 aromatic rings. The third-order valence-electron chi connectivity index (χ3n) is 2.89. The average molecular weight is 314 g/mol. The Bertz CT molecular complexity index is 460. The van der Waals surface area contributed by atoms with Gasteiger partial charge in [0.15, 0.2) is 5.13 Å². The second-order valence-electron chi connectivity index (χ2n) is 5.52. The number of nitrogens with two attached hydrogens (primary N) is 1. The number of hydrogen-bond donors (Lipinski definition) is 3. The molecule has 0 saturated carbocycles. The first-order chi connectivity index (χ1) is 9.85. The van der Waals surface area contributed by atoms with Crippen LogP contribution in [-0.4, -0.2) is 36.2 Å². The van der Waals surface area contributed by atoms with Crippen molar-refractivity contribution < 1.29 is 9.53 Å². The molecular formula is C14H26N4O2S. The van der Waals surface area contributed by atoms with Gasteiger partial charge in [-0.1, -0.05) is 25.2 Å². The third kappa shape index (κ3) is 5.51. The molecule has 6 nitrogen and oxygen atoms in total. The number of carbonyl (C=O) groups is 1. The highest BCUT2D eigenvalue weighted by molar-refractivity contribution is 7.18. The summed E-state index contributed by atoms with van der Waals surface area (Å²) in [7, 11) is 0. The Morgan fingerprint density at radius 2 is 2.05 bits per heavy atom. The molecule has 21 heavy (non-hydrogen) atoms. The first-order valence-corrected chi connectivity index (χ1v) is 8.08. The molecular weight excluding hydrogens is 288 g/mol. The molecule has 0 radical (unpaired) electrons. The molecule has 120 valence electrons. The van der Waals surface area contributed by atoms with Gasteiger partial charge in [-0.05, 0) is 26.7 Å². The van der Waals surface area contributed by atoms with Crippen molar-refractivity contribution in [2.45, 2.75) is 46.7 Å². The molecule has 0 fully saturated rings. The van der Waals surface area contributed by atoms with Gasteiger partial charge in [0.05, 0.1) is 12.6 Å². The number of rotatable bonds is 8. The molecule has 4 N–H and O–H groups in total. The Morgan fingerprint density at radius 1 is 1.38 bits per heavy atom. The maximum absolute atomic E-state index is 12.3. The van der Waals surface area contributed by atoms with Crippen molar-refractivity contribution in [3.05, 3.63) is 4.88 Å². The number of hydrogen-bond acceptors (Lipinski definition) is 6. The van der Waals surface area contributed by atoms with Crippen molar-refractivity contribution in [2.75, 3.05) is 24.3 Å². The molecule has 1 heterocycles. The Morgan fingerprint density at radius 3 is 2.57 bits per heavy atom. The van der Waals surface area contributed by atoms with Crippen LogP contribution in [0.15, 0.2) is 0 Å². The normalized spacial score (nSPS) is 12.7. The molecule has 1 amide bonds. The SMILES string of the molecule is CCOCC(NC(=O)c1sc(NC(C)C)nc1N)C(C)C. The number of nitrogens with one attached hydrogen (secondary N) is 2. The van der Waals surface area contributed by atoms with Crippen LogP contribution in [0.1, 0.15) is 44.3 Å². The lowest BCUT2D eigenvalue weighted by Gasteiger charge is -2.21. The van der Waals surface area contributed by atoms with Crippen LogP contribution in [0.4, 0.5) is 10.9 Å². The van der Waals surface area contributed by atoms with Crippen LogP contribution in [0.25, 0.3) is 0 Å². The summed E-state index contributed by atoms with van der Waals surface area (Å²) < 4.78 is 5.41. The van der Waals surface area contributed by atoms with Crippen LogP contribution in [0.2, 0.25) is 0 Å². The number of anilines is 2. The minimum atomic E-state index is -0.194. The molecule has 0 aliphatic rings. The van der Waals surface area contributed by atoms with Crippen molar-refractivity contribution >= 4 is 28.2 Å². The lowest BCUT2D eigenvalue weighted by molar-refractivity contribution is 0.0810. The Balaban J connectivity index is 2.75. The zero-order valence-corrected chi connectivity index (χ0v) is 14.2. The lowest BCUT2D eigenvalue weighted by atomic mass is 10.1. The Kier molecular flexibility index (Phi) is 6.91. The summed E-state index contributed by atoms with van der Waals surface area (Å²) in [4.78, 5) is 17.0. The highest BCUT2D eigenvalue weighted by atomic mass is 32.1. The van der Waals surface area contributed by atoms with Gasteiger partial charge < -0.3 is 21.1 Å². The van der Waals surface area contributed by atoms with Crippen molar-refractivity contribution in [1.82, 2.24) is 10.3 Å². The quantitative estimate of drug-likeness (QED) is 0.685. The fourth-order valence-corrected chi connectivity index (χ4v) is 2.62. The van der Waals surface area contributed by atoms with Crippen LogP contribution in [-0.2, 0) is 4.74 Å². The fraction of sp³-hybridized carbons (Fsp3) is 0.714. The maximum atomic E-state index is 12.3. The number of nitrogen functional groups attached to an aromatic ring is 1. The second kappa shape index (κ2) is 8.19. The van der Waals surface area contributed by atoms with Crippen LogP contribution >= 0.6 is 11.3 Å². The van der Waals surface area contributed by atoms with Crippen molar-refractivity contribution in [3.63, 3.8) is 0 Å². The van der Waals surface area contributed by atoms with Gasteiger partial charge in [0.1, 0.15) is 10.7 Å². The van der Waals surface area contributed by atoms with E-state index in [9.17, 15) is 4.79 Å². The zero-order valence-electron chi connectivity index (χ0n) is 13.4. The van der Waals surface area contributed by atoms with E-state index in [1.54, 1.807) is 0 Å². The van der Waals surface area contributed by atoms with E-state index in [-0.39, 0.29) is 29.7 Å². The number of aromatic nitrogens is 1. The van der Waals surface area contributed by atoms with E-state index in [1.807, 2.05) is 34.6 Å². The first-order valence-electron chi connectivity index (χ1n) is 7.26. The molecule has 0 saturated heterocycles. The minimum Gasteiger partial charge on any atom is -0.382 e. The highest BCUT2D eigenvalue weighted by Gasteiger charge is 2.21. The van der Waals surface area contributed by atoms with Gasteiger partial charge in [0.25, 0.3) is 5.91 Å². The van der Waals surface area contributed by atoms with Crippen molar-refractivity contribution in [1.29, 1.82) is 0 Å². The van der Waals surface area contributed by atoms with Crippen LogP contribution in [0.3, 0.4) is 0 Å². The van der Waals surface area contributed by atoms with Gasteiger partial charge in [0.2, 0.25) is 0 Å². The van der Waals surface area contributed by atoms with Gasteiger partial charge in [-0.15, -0.1) is 0 Å². The van der Waals surface area contributed by atoms with Gasteiger partial charge >= 0.3 is 0 Å². The number of amides is 1. The standard InChI is InChI=1S/C14H26N4O2S/c1-6-20-7-10(8(2)3)17-13(19)11-12(15)18-14(21-11)16-9(4)5/h8-10H,6-7,15H2,1-5H3,(H,16,18)(H,17,19). The van der Waals surface area contributed by atoms with Gasteiger partial charge in [-0.3, -0.25) is 4.79 Å². The number of nitrogens with zero attached hydrogens (tertiary/aromatic N) is 1. The number of carbonyl (C=O) groups excluding carboxylic acids is 1. The largest absolute Gasteiger partial charge is 0.382 e. The molecule has 1 rings (SSSR count). The van der Waals surface area contributed by atoms with Gasteiger partial charge in [0, 0.05) is 12.6 Å². The van der Waals surface area contributed by atoms with E-state index in [2.05, 4.69) is 15.6 Å². The van der Waals surface area contributed by atoms with Crippen molar-refractivity contribution in [2.24, 2.45) is 5.92 Å². The first kappa shape index (κ1) is 17.7. The number of thiazole rings is 1. The van der Waals surface area contributed by atoms with Crippen LogP contribution in [0.5, 0.6) is 0 Å². The molecule has 0 aliphatic heterocycles. The van der Waals surface area contributed by atoms with E-state index in [4.69, 9.17) is 10.5 Å². The summed E-state index contributed by atoms with van der Waals surface area (Å²) in [6, 6.07) is 0.202. The lowest BCUT2D eigenvalue weighted by Crippen LogP contribution is -2.41. The Labute approximate surface area is 130 Å². The van der Waals surface area contributed by atoms with E-state index >= 15 is 0 Å². The van der Waals surface area contributed by atoms with Gasteiger partial charge in [-0.2, -0.15) is 0 Å². The van der Waals surface area contributed by atoms with Gasteiger partial charge in [-0.25, -0.2) is 4.98 Å². The maximum Gasteiger partial charge on any atom is 0.265 e. The summed E-state index contributed by atoms with van der Waals surface area (Å²) in [5.41, 5.74) is 5.84. The summed E-state index contributed by atoms with van der Waals surface area (Å²) >= 11 is 1.27. The predicted molar refractivity (Wildman–Crippen MR) is 87.9 cm³/mol.